The third kappa shape index (κ3) is 2.58. The first kappa shape index (κ1) is 10.7. The summed E-state index contributed by atoms with van der Waals surface area (Å²) in [6, 6.07) is 10.7. The molecule has 1 aromatic carbocycles. The van der Waals surface area contributed by atoms with Crippen LogP contribution in [0.1, 0.15) is 12.5 Å². The lowest BCUT2D eigenvalue weighted by atomic mass is 9.99. The monoisotopic (exact) mass is 204 g/mol. The number of hydrogen-bond donors (Lipinski definition) is 1. The molecule has 0 aromatic heterocycles. The Morgan fingerprint density at radius 3 is 2.60 bits per heavy atom. The summed E-state index contributed by atoms with van der Waals surface area (Å²) in [6.45, 7) is 6.56. The number of benzene rings is 1. The van der Waals surface area contributed by atoms with Gasteiger partial charge in [-0.2, -0.15) is 0 Å². The molecule has 1 aliphatic rings. The third-order valence-corrected chi connectivity index (χ3v) is 3.40. The number of nitrogens with zero attached hydrogens (tertiary/aromatic N) is 1. The SMILES string of the molecule is C[C@@H]1CN(Cc2ccccc2)C[C@@H]1CN. The zero-order valence-corrected chi connectivity index (χ0v) is 9.39. The summed E-state index contributed by atoms with van der Waals surface area (Å²) in [6.07, 6.45) is 0. The van der Waals surface area contributed by atoms with Crippen LogP contribution in [0.15, 0.2) is 30.3 Å². The zero-order valence-electron chi connectivity index (χ0n) is 9.39. The Hall–Kier alpha value is -0.860. The van der Waals surface area contributed by atoms with E-state index in [0.717, 1.165) is 25.6 Å². The molecule has 0 saturated carbocycles. The Morgan fingerprint density at radius 1 is 1.27 bits per heavy atom. The van der Waals surface area contributed by atoms with Crippen molar-refractivity contribution >= 4 is 0 Å². The quantitative estimate of drug-likeness (QED) is 0.812. The van der Waals surface area contributed by atoms with Gasteiger partial charge in [0.05, 0.1) is 0 Å². The van der Waals surface area contributed by atoms with Crippen LogP contribution in [0.3, 0.4) is 0 Å². The highest BCUT2D eigenvalue weighted by Crippen LogP contribution is 2.23. The van der Waals surface area contributed by atoms with Crippen LogP contribution in [-0.2, 0) is 6.54 Å². The van der Waals surface area contributed by atoms with Crippen LogP contribution in [0.4, 0.5) is 0 Å². The first-order chi connectivity index (χ1) is 7.29. The van der Waals surface area contributed by atoms with Gasteiger partial charge in [-0.25, -0.2) is 0 Å². The molecule has 0 bridgehead atoms. The van der Waals surface area contributed by atoms with E-state index >= 15 is 0 Å². The number of rotatable bonds is 3. The average molecular weight is 204 g/mol. The molecule has 2 heteroatoms. The highest BCUT2D eigenvalue weighted by molar-refractivity contribution is 5.14. The molecule has 0 unspecified atom stereocenters. The molecule has 1 heterocycles. The summed E-state index contributed by atoms with van der Waals surface area (Å²) in [5, 5.41) is 0. The molecule has 0 radical (unpaired) electrons. The Balaban J connectivity index is 1.92. The van der Waals surface area contributed by atoms with Crippen LogP contribution in [0, 0.1) is 11.8 Å². The third-order valence-electron chi connectivity index (χ3n) is 3.40. The molecule has 82 valence electrons. The molecule has 2 nitrogen and oxygen atoms in total. The highest BCUT2D eigenvalue weighted by atomic mass is 15.2. The van der Waals surface area contributed by atoms with E-state index in [1.54, 1.807) is 0 Å². The van der Waals surface area contributed by atoms with Crippen LogP contribution in [0.2, 0.25) is 0 Å². The van der Waals surface area contributed by atoms with Crippen molar-refractivity contribution in [2.24, 2.45) is 17.6 Å². The summed E-state index contributed by atoms with van der Waals surface area (Å²) in [7, 11) is 0. The van der Waals surface area contributed by atoms with E-state index in [1.165, 1.54) is 12.1 Å². The van der Waals surface area contributed by atoms with Gasteiger partial charge in [0.1, 0.15) is 0 Å². The van der Waals surface area contributed by atoms with Gasteiger partial charge in [-0.15, -0.1) is 0 Å². The van der Waals surface area contributed by atoms with Crippen molar-refractivity contribution in [3.63, 3.8) is 0 Å². The molecule has 1 aliphatic heterocycles. The molecule has 1 aromatic rings. The van der Waals surface area contributed by atoms with Crippen molar-refractivity contribution in [1.82, 2.24) is 4.90 Å². The van der Waals surface area contributed by atoms with Crippen molar-refractivity contribution in [2.45, 2.75) is 13.5 Å². The van der Waals surface area contributed by atoms with Gasteiger partial charge in [-0.1, -0.05) is 37.3 Å². The predicted molar refractivity (Wildman–Crippen MR) is 63.4 cm³/mol. The lowest BCUT2D eigenvalue weighted by Gasteiger charge is -2.15. The van der Waals surface area contributed by atoms with Crippen molar-refractivity contribution in [1.29, 1.82) is 0 Å². The van der Waals surface area contributed by atoms with E-state index < -0.39 is 0 Å². The Bertz CT molecular complexity index is 297. The topological polar surface area (TPSA) is 29.3 Å². The number of nitrogens with two attached hydrogens (primary N) is 1. The van der Waals surface area contributed by atoms with Gasteiger partial charge in [0.25, 0.3) is 0 Å². The van der Waals surface area contributed by atoms with E-state index in [1.807, 2.05) is 0 Å². The minimum Gasteiger partial charge on any atom is -0.330 e. The smallest absolute Gasteiger partial charge is 0.0233 e. The van der Waals surface area contributed by atoms with E-state index in [4.69, 9.17) is 5.73 Å². The van der Waals surface area contributed by atoms with Gasteiger partial charge >= 0.3 is 0 Å². The Labute approximate surface area is 92.1 Å². The molecule has 0 spiro atoms. The molecule has 0 amide bonds. The van der Waals surface area contributed by atoms with Gasteiger partial charge < -0.3 is 5.73 Å². The summed E-state index contributed by atoms with van der Waals surface area (Å²) in [4.78, 5) is 2.51. The van der Waals surface area contributed by atoms with Gasteiger partial charge in [-0.05, 0) is 23.9 Å². The van der Waals surface area contributed by atoms with Gasteiger partial charge in [0.2, 0.25) is 0 Å². The largest absolute Gasteiger partial charge is 0.330 e. The van der Waals surface area contributed by atoms with Crippen molar-refractivity contribution in [3.05, 3.63) is 35.9 Å². The minimum absolute atomic E-state index is 0.689. The highest BCUT2D eigenvalue weighted by Gasteiger charge is 2.27. The lowest BCUT2D eigenvalue weighted by Crippen LogP contribution is -2.23. The van der Waals surface area contributed by atoms with Gasteiger partial charge in [-0.3, -0.25) is 4.90 Å². The maximum atomic E-state index is 5.75. The number of hydrogen-bond acceptors (Lipinski definition) is 2. The minimum atomic E-state index is 0.689. The fourth-order valence-electron chi connectivity index (χ4n) is 2.42. The Morgan fingerprint density at radius 2 is 2.00 bits per heavy atom. The van der Waals surface area contributed by atoms with Gasteiger partial charge in [0, 0.05) is 19.6 Å². The number of likely N-dealkylation sites (tertiary alicyclic amines) is 1. The molecule has 15 heavy (non-hydrogen) atoms. The molecular formula is C13H20N2. The zero-order chi connectivity index (χ0) is 10.7. The van der Waals surface area contributed by atoms with E-state index in [9.17, 15) is 0 Å². The van der Waals surface area contributed by atoms with Crippen molar-refractivity contribution < 1.29 is 0 Å². The predicted octanol–water partition coefficient (Wildman–Crippen LogP) is 1.71. The second-order valence-corrected chi connectivity index (χ2v) is 4.65. The summed E-state index contributed by atoms with van der Waals surface area (Å²) < 4.78 is 0. The standard InChI is InChI=1S/C13H20N2/c1-11-8-15(10-13(11)7-14)9-12-5-3-2-4-6-12/h2-6,11,13H,7-10,14H2,1H3/t11-,13+/m1/s1. The molecule has 1 saturated heterocycles. The van der Waals surface area contributed by atoms with Crippen LogP contribution in [0.5, 0.6) is 0 Å². The second-order valence-electron chi connectivity index (χ2n) is 4.65. The fraction of sp³-hybridized carbons (Fsp3) is 0.538. The molecule has 2 rings (SSSR count). The molecule has 2 atom stereocenters. The van der Waals surface area contributed by atoms with Crippen LogP contribution in [-0.4, -0.2) is 24.5 Å². The molecule has 1 fully saturated rings. The van der Waals surface area contributed by atoms with E-state index in [0.29, 0.717) is 5.92 Å². The average Bonchev–Trinajstić information content (AvgIpc) is 2.60. The van der Waals surface area contributed by atoms with Gasteiger partial charge in [0.15, 0.2) is 0 Å². The lowest BCUT2D eigenvalue weighted by molar-refractivity contribution is 0.315. The normalized spacial score (nSPS) is 27.1. The summed E-state index contributed by atoms with van der Waals surface area (Å²) in [5.41, 5.74) is 7.16. The summed E-state index contributed by atoms with van der Waals surface area (Å²) >= 11 is 0. The molecular weight excluding hydrogens is 184 g/mol. The van der Waals surface area contributed by atoms with E-state index in [2.05, 4.69) is 42.2 Å². The summed E-state index contributed by atoms with van der Waals surface area (Å²) in [5.74, 6) is 1.44. The first-order valence-electron chi connectivity index (χ1n) is 5.76. The van der Waals surface area contributed by atoms with Crippen molar-refractivity contribution in [3.8, 4) is 0 Å². The first-order valence-corrected chi connectivity index (χ1v) is 5.76. The maximum absolute atomic E-state index is 5.75. The van der Waals surface area contributed by atoms with Crippen LogP contribution in [0.25, 0.3) is 0 Å². The van der Waals surface area contributed by atoms with Crippen LogP contribution < -0.4 is 5.73 Å². The second kappa shape index (κ2) is 4.77. The fourth-order valence-corrected chi connectivity index (χ4v) is 2.42. The molecule has 0 aliphatic carbocycles. The van der Waals surface area contributed by atoms with Crippen LogP contribution >= 0.6 is 0 Å². The molecule has 2 N–H and O–H groups in total. The maximum Gasteiger partial charge on any atom is 0.0233 e. The van der Waals surface area contributed by atoms with Crippen molar-refractivity contribution in [2.75, 3.05) is 19.6 Å². The Kier molecular flexibility index (Phi) is 3.39. The van der Waals surface area contributed by atoms with E-state index in [-0.39, 0.29) is 0 Å².